The van der Waals surface area contributed by atoms with Gasteiger partial charge in [0.25, 0.3) is 0 Å². The summed E-state index contributed by atoms with van der Waals surface area (Å²) >= 11 is 3.40. The van der Waals surface area contributed by atoms with Crippen LogP contribution < -0.4 is 10.5 Å². The Morgan fingerprint density at radius 1 is 1.35 bits per heavy atom. The van der Waals surface area contributed by atoms with Crippen molar-refractivity contribution in [3.05, 3.63) is 22.7 Å². The molecule has 1 amide bonds. The molecule has 0 atom stereocenters. The molecule has 0 unspecified atom stereocenters. The molecule has 5 nitrogen and oxygen atoms in total. The van der Waals surface area contributed by atoms with E-state index >= 15 is 0 Å². The van der Waals surface area contributed by atoms with E-state index in [4.69, 9.17) is 15.2 Å². The maximum absolute atomic E-state index is 12.0. The predicted molar refractivity (Wildman–Crippen MR) is 94.6 cm³/mol. The quantitative estimate of drug-likeness (QED) is 0.797. The fraction of sp³-hybridized carbons (Fsp3) is 0.588. The molecule has 1 aromatic carbocycles. The summed E-state index contributed by atoms with van der Waals surface area (Å²) in [5, 5.41) is 0. The summed E-state index contributed by atoms with van der Waals surface area (Å²) in [7, 11) is 0. The first-order valence-corrected chi connectivity index (χ1v) is 8.70. The summed E-state index contributed by atoms with van der Waals surface area (Å²) in [5.41, 5.74) is 6.15. The topological polar surface area (TPSA) is 64.8 Å². The Hall–Kier alpha value is -1.43. The number of likely N-dealkylation sites (tertiary alicyclic amines) is 1. The number of hydrogen-bond donors (Lipinski definition) is 1. The SMILES string of the molecule is CC(C)(C)OC(=O)N1CCC(COc2cccc(Br)c2N)CC1. The van der Waals surface area contributed by atoms with E-state index in [-0.39, 0.29) is 6.09 Å². The van der Waals surface area contributed by atoms with E-state index in [0.29, 0.717) is 37.1 Å². The first-order valence-electron chi connectivity index (χ1n) is 7.91. The maximum Gasteiger partial charge on any atom is 0.410 e. The number of rotatable bonds is 3. The second-order valence-electron chi connectivity index (χ2n) is 6.87. The molecule has 0 spiro atoms. The molecule has 0 aliphatic carbocycles. The fourth-order valence-corrected chi connectivity index (χ4v) is 2.81. The van der Waals surface area contributed by atoms with Crippen molar-refractivity contribution >= 4 is 27.7 Å². The molecular formula is C17H25BrN2O3. The normalized spacial score (nSPS) is 16.3. The van der Waals surface area contributed by atoms with Crippen molar-refractivity contribution in [2.24, 2.45) is 5.92 Å². The zero-order valence-electron chi connectivity index (χ0n) is 14.0. The first kappa shape index (κ1) is 17.9. The van der Waals surface area contributed by atoms with Crippen LogP contribution in [0.4, 0.5) is 10.5 Å². The molecule has 23 heavy (non-hydrogen) atoms. The summed E-state index contributed by atoms with van der Waals surface area (Å²) in [6.45, 7) is 7.67. The minimum atomic E-state index is -0.449. The summed E-state index contributed by atoms with van der Waals surface area (Å²) < 4.78 is 12.1. The first-order chi connectivity index (χ1) is 10.8. The van der Waals surface area contributed by atoms with Crippen LogP contribution in [0.3, 0.4) is 0 Å². The molecule has 1 saturated heterocycles. The van der Waals surface area contributed by atoms with Gasteiger partial charge in [-0.25, -0.2) is 4.79 Å². The van der Waals surface area contributed by atoms with Crippen molar-refractivity contribution < 1.29 is 14.3 Å². The molecule has 0 bridgehead atoms. The highest BCUT2D eigenvalue weighted by atomic mass is 79.9. The van der Waals surface area contributed by atoms with Crippen LogP contribution in [-0.2, 0) is 4.74 Å². The molecule has 0 radical (unpaired) electrons. The minimum absolute atomic E-state index is 0.229. The lowest BCUT2D eigenvalue weighted by atomic mass is 9.98. The fourth-order valence-electron chi connectivity index (χ4n) is 2.46. The minimum Gasteiger partial charge on any atom is -0.491 e. The number of piperidine rings is 1. The average molecular weight is 385 g/mol. The number of amides is 1. The molecule has 0 saturated carbocycles. The van der Waals surface area contributed by atoms with Gasteiger partial charge in [-0.2, -0.15) is 0 Å². The Morgan fingerprint density at radius 3 is 2.61 bits per heavy atom. The van der Waals surface area contributed by atoms with Crippen LogP contribution in [0, 0.1) is 5.92 Å². The Morgan fingerprint density at radius 2 is 2.00 bits per heavy atom. The number of anilines is 1. The lowest BCUT2D eigenvalue weighted by Crippen LogP contribution is -2.42. The molecule has 128 valence electrons. The van der Waals surface area contributed by atoms with Gasteiger partial charge in [-0.15, -0.1) is 0 Å². The van der Waals surface area contributed by atoms with Gasteiger partial charge in [0.05, 0.1) is 12.3 Å². The largest absolute Gasteiger partial charge is 0.491 e. The Labute approximate surface area is 146 Å². The van der Waals surface area contributed by atoms with Gasteiger partial charge in [0.15, 0.2) is 0 Å². The number of carbonyl (C=O) groups is 1. The van der Waals surface area contributed by atoms with Gasteiger partial charge in [-0.3, -0.25) is 0 Å². The number of nitrogen functional groups attached to an aromatic ring is 1. The summed E-state index contributed by atoms with van der Waals surface area (Å²) in [6, 6.07) is 5.66. The number of nitrogens with two attached hydrogens (primary N) is 1. The van der Waals surface area contributed by atoms with E-state index in [1.54, 1.807) is 4.90 Å². The summed E-state index contributed by atoms with van der Waals surface area (Å²) in [6.07, 6.45) is 1.59. The van der Waals surface area contributed by atoms with Crippen LogP contribution in [-0.4, -0.2) is 36.3 Å². The van der Waals surface area contributed by atoms with Crippen molar-refractivity contribution in [1.82, 2.24) is 4.90 Å². The van der Waals surface area contributed by atoms with Crippen LogP contribution in [0.1, 0.15) is 33.6 Å². The highest BCUT2D eigenvalue weighted by Gasteiger charge is 2.27. The molecule has 1 aliphatic heterocycles. The zero-order chi connectivity index (χ0) is 17.0. The molecule has 0 aromatic heterocycles. The average Bonchev–Trinajstić information content (AvgIpc) is 2.47. The number of halogens is 1. The van der Waals surface area contributed by atoms with Crippen LogP contribution in [0.5, 0.6) is 5.75 Å². The van der Waals surface area contributed by atoms with E-state index in [1.165, 1.54) is 0 Å². The molecule has 2 rings (SSSR count). The monoisotopic (exact) mass is 384 g/mol. The van der Waals surface area contributed by atoms with Gasteiger partial charge in [0.1, 0.15) is 11.4 Å². The standard InChI is InChI=1S/C17H25BrN2O3/c1-17(2,3)23-16(21)20-9-7-12(8-10-20)11-22-14-6-4-5-13(18)15(14)19/h4-6,12H,7-11,19H2,1-3H3. The maximum atomic E-state index is 12.0. The molecule has 6 heteroatoms. The Balaban J connectivity index is 1.79. The molecule has 1 heterocycles. The van der Waals surface area contributed by atoms with Crippen molar-refractivity contribution in [3.63, 3.8) is 0 Å². The number of carbonyl (C=O) groups excluding carboxylic acids is 1. The molecule has 1 fully saturated rings. The third kappa shape index (κ3) is 5.30. The predicted octanol–water partition coefficient (Wildman–Crippen LogP) is 4.06. The van der Waals surface area contributed by atoms with Gasteiger partial charge >= 0.3 is 6.09 Å². The van der Waals surface area contributed by atoms with Crippen molar-refractivity contribution in [2.75, 3.05) is 25.4 Å². The van der Waals surface area contributed by atoms with Crippen molar-refractivity contribution in [1.29, 1.82) is 0 Å². The Bertz CT molecular complexity index is 549. The summed E-state index contributed by atoms with van der Waals surface area (Å²) in [5.74, 6) is 1.13. The molecule has 2 N–H and O–H groups in total. The Kier molecular flexibility index (Phi) is 5.79. The number of para-hydroxylation sites is 1. The number of ether oxygens (including phenoxy) is 2. The van der Waals surface area contributed by atoms with Gasteiger partial charge < -0.3 is 20.1 Å². The zero-order valence-corrected chi connectivity index (χ0v) is 15.6. The second kappa shape index (κ2) is 7.43. The molecule has 1 aliphatic rings. The highest BCUT2D eigenvalue weighted by Crippen LogP contribution is 2.30. The highest BCUT2D eigenvalue weighted by molar-refractivity contribution is 9.10. The third-order valence-electron chi connectivity index (χ3n) is 3.75. The van der Waals surface area contributed by atoms with E-state index in [1.807, 2.05) is 39.0 Å². The van der Waals surface area contributed by atoms with Crippen molar-refractivity contribution in [2.45, 2.75) is 39.2 Å². The number of hydrogen-bond acceptors (Lipinski definition) is 4. The lowest BCUT2D eigenvalue weighted by molar-refractivity contribution is 0.0165. The molecule has 1 aromatic rings. The van der Waals surface area contributed by atoms with Gasteiger partial charge in [-0.1, -0.05) is 6.07 Å². The van der Waals surface area contributed by atoms with Gasteiger partial charge in [-0.05, 0) is 67.6 Å². The third-order valence-corrected chi connectivity index (χ3v) is 4.45. The van der Waals surface area contributed by atoms with E-state index in [0.717, 1.165) is 17.3 Å². The van der Waals surface area contributed by atoms with Crippen LogP contribution in [0.15, 0.2) is 22.7 Å². The smallest absolute Gasteiger partial charge is 0.410 e. The van der Waals surface area contributed by atoms with E-state index in [2.05, 4.69) is 15.9 Å². The van der Waals surface area contributed by atoms with E-state index < -0.39 is 5.60 Å². The van der Waals surface area contributed by atoms with Crippen molar-refractivity contribution in [3.8, 4) is 5.75 Å². The van der Waals surface area contributed by atoms with Crippen LogP contribution >= 0.6 is 15.9 Å². The van der Waals surface area contributed by atoms with Gasteiger partial charge in [0.2, 0.25) is 0 Å². The second-order valence-corrected chi connectivity index (χ2v) is 7.73. The van der Waals surface area contributed by atoms with Gasteiger partial charge in [0, 0.05) is 17.6 Å². The summed E-state index contributed by atoms with van der Waals surface area (Å²) in [4.78, 5) is 13.8. The number of benzene rings is 1. The van der Waals surface area contributed by atoms with E-state index in [9.17, 15) is 4.79 Å². The lowest BCUT2D eigenvalue weighted by Gasteiger charge is -2.33. The molecular weight excluding hydrogens is 360 g/mol. The van der Waals surface area contributed by atoms with Crippen LogP contribution in [0.2, 0.25) is 0 Å². The van der Waals surface area contributed by atoms with Crippen LogP contribution in [0.25, 0.3) is 0 Å². The number of nitrogens with zero attached hydrogens (tertiary/aromatic N) is 1.